The fraction of sp³-hybridized carbons (Fsp3) is 0.846. The molecule has 0 aliphatic heterocycles. The summed E-state index contributed by atoms with van der Waals surface area (Å²) in [5.41, 5.74) is 0. The third-order valence-corrected chi connectivity index (χ3v) is 7.65. The largest absolute Gasteiger partial charge is 1.00 e. The molecule has 222 valence electrons. The summed E-state index contributed by atoms with van der Waals surface area (Å²) in [5.74, 6) is -6.86. The molecule has 11 nitrogen and oxygen atoms in total. The number of carboxylic acids is 3. The van der Waals surface area contributed by atoms with E-state index in [0.717, 1.165) is 25.7 Å². The van der Waals surface area contributed by atoms with Crippen molar-refractivity contribution in [3.63, 3.8) is 0 Å². The van der Waals surface area contributed by atoms with Gasteiger partial charge in [0.05, 0.1) is 12.4 Å². The minimum Gasteiger partial charge on any atom is -0.550 e. The monoisotopic (exact) mass is 655 g/mol. The van der Waals surface area contributed by atoms with Crippen molar-refractivity contribution in [1.29, 1.82) is 0 Å². The Labute approximate surface area is 340 Å². The van der Waals surface area contributed by atoms with Gasteiger partial charge in [0.25, 0.3) is 10.1 Å². The number of amides is 1. The zero-order chi connectivity index (χ0) is 29.0. The molecule has 0 aliphatic carbocycles. The van der Waals surface area contributed by atoms with E-state index in [2.05, 4.69) is 6.92 Å². The molecule has 2 atom stereocenters. The average molecular weight is 656 g/mol. The first kappa shape index (κ1) is 53.3. The number of carboxylic acid groups (broad SMARTS) is 3. The van der Waals surface area contributed by atoms with Crippen LogP contribution in [0.3, 0.4) is 0 Å². The molecule has 0 rings (SSSR count). The second kappa shape index (κ2) is 32.7. The first-order valence-corrected chi connectivity index (χ1v) is 15.3. The molecule has 0 aliphatic rings. The van der Waals surface area contributed by atoms with E-state index in [1.165, 1.54) is 64.2 Å². The van der Waals surface area contributed by atoms with E-state index < -0.39 is 58.1 Å². The van der Waals surface area contributed by atoms with Crippen LogP contribution in [0.25, 0.3) is 0 Å². The molecule has 0 bridgehead atoms. The SMILES string of the molecule is CCCCCCCCCCCCCCCCCCN(C(=O)CC(C(=O)[O-])S(=O)(=O)O)[C@@H](CC(=O)[O-])C(=O)O.[Na+].[Na+].[Na+].[Na+]. The van der Waals surface area contributed by atoms with Crippen LogP contribution in [-0.4, -0.2) is 64.6 Å². The van der Waals surface area contributed by atoms with E-state index in [0.29, 0.717) is 17.7 Å². The van der Waals surface area contributed by atoms with Gasteiger partial charge in [0.2, 0.25) is 5.91 Å². The first-order valence-electron chi connectivity index (χ1n) is 13.8. The number of nitrogens with zero attached hydrogens (tertiary/aromatic N) is 1. The van der Waals surface area contributed by atoms with Crippen LogP contribution in [0, 0.1) is 0 Å². The van der Waals surface area contributed by atoms with Crippen molar-refractivity contribution in [2.24, 2.45) is 0 Å². The number of carbonyl (C=O) groups is 4. The summed E-state index contributed by atoms with van der Waals surface area (Å²) in [6, 6.07) is -1.87. The predicted octanol–water partition coefficient (Wildman–Crippen LogP) is -9.92. The van der Waals surface area contributed by atoms with Gasteiger partial charge < -0.3 is 29.8 Å². The van der Waals surface area contributed by atoms with Gasteiger partial charge in [-0.3, -0.25) is 9.35 Å². The molecular weight excluding hydrogens is 610 g/mol. The van der Waals surface area contributed by atoms with Crippen molar-refractivity contribution in [2.75, 3.05) is 6.54 Å². The van der Waals surface area contributed by atoms with Crippen LogP contribution in [0.2, 0.25) is 0 Å². The maximum Gasteiger partial charge on any atom is 1.00 e. The van der Waals surface area contributed by atoms with Crippen molar-refractivity contribution in [1.82, 2.24) is 4.90 Å². The van der Waals surface area contributed by atoms with Gasteiger partial charge in [0.15, 0.2) is 0 Å². The van der Waals surface area contributed by atoms with E-state index in [9.17, 15) is 42.9 Å². The number of unbranched alkanes of at least 4 members (excludes halogenated alkanes) is 15. The maximum absolute atomic E-state index is 12.6. The smallest absolute Gasteiger partial charge is 0.550 e. The fourth-order valence-corrected chi connectivity index (χ4v) is 4.96. The Hall–Kier alpha value is 1.79. The van der Waals surface area contributed by atoms with Crippen LogP contribution in [-0.2, 0) is 29.3 Å². The van der Waals surface area contributed by atoms with Crippen LogP contribution in [0.1, 0.15) is 122 Å². The van der Waals surface area contributed by atoms with Crippen molar-refractivity contribution in [2.45, 2.75) is 134 Å². The molecule has 0 saturated heterocycles. The molecule has 2 N–H and O–H groups in total. The zero-order valence-electron chi connectivity index (χ0n) is 26.6. The Morgan fingerprint density at radius 2 is 1.02 bits per heavy atom. The van der Waals surface area contributed by atoms with Gasteiger partial charge in [-0.1, -0.05) is 103 Å². The second-order valence-electron chi connectivity index (χ2n) is 9.85. The average Bonchev–Trinajstić information content (AvgIpc) is 2.82. The quantitative estimate of drug-likeness (QED) is 0.0542. The molecule has 0 spiro atoms. The van der Waals surface area contributed by atoms with Gasteiger partial charge in [0, 0.05) is 18.9 Å². The van der Waals surface area contributed by atoms with Gasteiger partial charge in [0.1, 0.15) is 11.3 Å². The molecule has 0 saturated carbocycles. The molecule has 0 radical (unpaired) electrons. The van der Waals surface area contributed by atoms with Crippen LogP contribution >= 0.6 is 0 Å². The minimum absolute atomic E-state index is 0. The van der Waals surface area contributed by atoms with Crippen molar-refractivity contribution in [3.8, 4) is 0 Å². The number of carbonyl (C=O) groups excluding carboxylic acids is 3. The molecule has 1 amide bonds. The summed E-state index contributed by atoms with van der Waals surface area (Å²) >= 11 is 0. The molecule has 16 heteroatoms. The number of aliphatic carboxylic acids is 3. The Morgan fingerprint density at radius 1 is 0.667 bits per heavy atom. The van der Waals surface area contributed by atoms with Crippen molar-refractivity contribution in [3.05, 3.63) is 0 Å². The molecule has 0 aromatic heterocycles. The van der Waals surface area contributed by atoms with Crippen LogP contribution < -0.4 is 128 Å². The van der Waals surface area contributed by atoms with Gasteiger partial charge in [-0.2, -0.15) is 8.42 Å². The van der Waals surface area contributed by atoms with Gasteiger partial charge >= 0.3 is 124 Å². The summed E-state index contributed by atoms with van der Waals surface area (Å²) in [5, 5.41) is 28.9. The van der Waals surface area contributed by atoms with Gasteiger partial charge in [-0.05, 0) is 6.42 Å². The topological polar surface area (TPSA) is 192 Å². The fourth-order valence-electron chi connectivity index (χ4n) is 4.36. The van der Waals surface area contributed by atoms with E-state index in [1.807, 2.05) is 0 Å². The maximum atomic E-state index is 12.6. The van der Waals surface area contributed by atoms with Gasteiger partial charge in [-0.15, -0.1) is 0 Å². The van der Waals surface area contributed by atoms with E-state index in [1.54, 1.807) is 0 Å². The van der Waals surface area contributed by atoms with Crippen molar-refractivity contribution < 1.29 is 166 Å². The Bertz CT molecular complexity index is 834. The summed E-state index contributed by atoms with van der Waals surface area (Å²) in [6.45, 7) is 2.00. The Balaban J connectivity index is -0.00000114. The van der Waals surface area contributed by atoms with Crippen LogP contribution in [0.4, 0.5) is 0 Å². The van der Waals surface area contributed by atoms with E-state index in [-0.39, 0.29) is 125 Å². The molecule has 0 fully saturated rings. The second-order valence-corrected chi connectivity index (χ2v) is 11.4. The standard InChI is InChI=1S/C26H47NO10S.4Na/c1-2-3-4-5-6-7-8-9-10-11-12-13-14-15-16-17-18-27(21(25(31)32)19-24(29)30)23(28)20-22(26(33)34)38(35,36)37;;;;/h21-22H,2-20H2,1H3,(H,29,30)(H,31,32)(H,33,34)(H,35,36,37);;;;/q;4*+1/p-2/t21-,22?;;;;/m0..../s1. The third kappa shape index (κ3) is 28.0. The summed E-state index contributed by atoms with van der Waals surface area (Å²) in [4.78, 5) is 46.9. The molecule has 0 heterocycles. The summed E-state index contributed by atoms with van der Waals surface area (Å²) in [6.07, 6.45) is 15.3. The van der Waals surface area contributed by atoms with E-state index >= 15 is 0 Å². The molecule has 0 aromatic carbocycles. The third-order valence-electron chi connectivity index (χ3n) is 6.58. The number of hydrogen-bond donors (Lipinski definition) is 2. The van der Waals surface area contributed by atoms with Crippen LogP contribution in [0.5, 0.6) is 0 Å². The predicted molar refractivity (Wildman–Crippen MR) is 137 cm³/mol. The summed E-state index contributed by atoms with van der Waals surface area (Å²) in [7, 11) is -5.20. The van der Waals surface area contributed by atoms with Gasteiger partial charge in [-0.25, -0.2) is 4.79 Å². The van der Waals surface area contributed by atoms with Crippen molar-refractivity contribution >= 4 is 33.9 Å². The molecular formula is C26H45NNa4O10S+2. The first-order chi connectivity index (χ1) is 17.9. The Morgan fingerprint density at radius 3 is 1.31 bits per heavy atom. The Kier molecular flexibility index (Phi) is 41.5. The van der Waals surface area contributed by atoms with Crippen LogP contribution in [0.15, 0.2) is 0 Å². The minimum atomic E-state index is -5.20. The molecule has 42 heavy (non-hydrogen) atoms. The zero-order valence-corrected chi connectivity index (χ0v) is 35.4. The number of hydrogen-bond acceptors (Lipinski definition) is 8. The normalized spacial score (nSPS) is 11.9. The number of rotatable bonds is 25. The molecule has 1 unspecified atom stereocenters. The van der Waals surface area contributed by atoms with E-state index in [4.69, 9.17) is 4.55 Å². The summed E-state index contributed by atoms with van der Waals surface area (Å²) < 4.78 is 31.6. The molecule has 0 aromatic rings.